The third-order valence-corrected chi connectivity index (χ3v) is 5.22. The summed E-state index contributed by atoms with van der Waals surface area (Å²) in [6, 6.07) is 15.3. The molecule has 2 aromatic carbocycles. The van der Waals surface area contributed by atoms with E-state index in [0.29, 0.717) is 0 Å². The average molecular weight is 349 g/mol. The van der Waals surface area contributed by atoms with E-state index in [1.165, 1.54) is 7.11 Å². The summed E-state index contributed by atoms with van der Waals surface area (Å²) in [5, 5.41) is 1.03. The highest BCUT2D eigenvalue weighted by Crippen LogP contribution is 2.45. The minimum atomic E-state index is -0.883. The Morgan fingerprint density at radius 1 is 1.04 bits per heavy atom. The largest absolute Gasteiger partial charge is 0.497 e. The van der Waals surface area contributed by atoms with E-state index in [2.05, 4.69) is 0 Å². The van der Waals surface area contributed by atoms with Gasteiger partial charge in [-0.2, -0.15) is 0 Å². The standard InChI is InChI=1S/C21H19NO4/c1-12-15-6-4-5-7-16(15)22-19(12)17(18(20(22)23)21(24)26-3)13-8-10-14(25-2)11-9-13/h4-11,17-18H,1-3H3/t17-,18-/m1/s1. The molecule has 5 heteroatoms. The molecule has 2 atom stereocenters. The molecule has 0 unspecified atom stereocenters. The van der Waals surface area contributed by atoms with Gasteiger partial charge in [-0.05, 0) is 36.2 Å². The molecule has 4 rings (SSSR count). The number of hydrogen-bond donors (Lipinski definition) is 0. The topological polar surface area (TPSA) is 57.5 Å². The Kier molecular flexibility index (Phi) is 3.80. The molecule has 1 aliphatic heterocycles. The predicted octanol–water partition coefficient (Wildman–Crippen LogP) is 3.53. The number of para-hydroxylation sites is 1. The molecule has 1 aromatic heterocycles. The fourth-order valence-corrected chi connectivity index (χ4v) is 4.00. The van der Waals surface area contributed by atoms with Crippen LogP contribution in [0.3, 0.4) is 0 Å². The average Bonchev–Trinajstić information content (AvgIpc) is 3.15. The first-order chi connectivity index (χ1) is 12.6. The van der Waals surface area contributed by atoms with E-state index in [1.807, 2.05) is 55.5 Å². The number of aryl methyl sites for hydroxylation is 1. The van der Waals surface area contributed by atoms with Gasteiger partial charge >= 0.3 is 5.97 Å². The Morgan fingerprint density at radius 2 is 1.73 bits per heavy atom. The highest BCUT2D eigenvalue weighted by atomic mass is 16.5. The van der Waals surface area contributed by atoms with E-state index in [-0.39, 0.29) is 11.8 Å². The molecule has 0 bridgehead atoms. The zero-order valence-corrected chi connectivity index (χ0v) is 14.9. The maximum absolute atomic E-state index is 13.2. The molecule has 1 aliphatic rings. The SMILES string of the molecule is COC(=O)[C@H]1C(=O)n2c(c(C)c3ccccc32)[C@@H]1c1ccc(OC)cc1. The van der Waals surface area contributed by atoms with Gasteiger partial charge in [0.05, 0.1) is 19.7 Å². The van der Waals surface area contributed by atoms with E-state index in [1.54, 1.807) is 11.7 Å². The summed E-state index contributed by atoms with van der Waals surface area (Å²) in [6.07, 6.45) is 0. The van der Waals surface area contributed by atoms with Gasteiger partial charge in [0.15, 0.2) is 0 Å². The van der Waals surface area contributed by atoms with Crippen molar-refractivity contribution in [3.8, 4) is 5.75 Å². The van der Waals surface area contributed by atoms with E-state index < -0.39 is 11.9 Å². The summed E-state index contributed by atoms with van der Waals surface area (Å²) in [6.45, 7) is 2.00. The lowest BCUT2D eigenvalue weighted by Crippen LogP contribution is -2.27. The second kappa shape index (κ2) is 6.02. The fourth-order valence-electron chi connectivity index (χ4n) is 4.00. The lowest BCUT2D eigenvalue weighted by molar-refractivity contribution is -0.143. The number of nitrogens with zero attached hydrogens (tertiary/aromatic N) is 1. The van der Waals surface area contributed by atoms with Crippen LogP contribution in [-0.4, -0.2) is 30.7 Å². The summed E-state index contributed by atoms with van der Waals surface area (Å²) in [4.78, 5) is 25.6. The van der Waals surface area contributed by atoms with Crippen LogP contribution < -0.4 is 4.74 Å². The molecule has 3 aromatic rings. The quantitative estimate of drug-likeness (QED) is 0.536. The van der Waals surface area contributed by atoms with Gasteiger partial charge in [0, 0.05) is 17.0 Å². The molecule has 0 fully saturated rings. The van der Waals surface area contributed by atoms with Crippen LogP contribution in [0.15, 0.2) is 48.5 Å². The van der Waals surface area contributed by atoms with E-state index in [0.717, 1.165) is 33.5 Å². The number of carbonyl (C=O) groups is 2. The van der Waals surface area contributed by atoms with Crippen LogP contribution in [0.25, 0.3) is 10.9 Å². The fraction of sp³-hybridized carbons (Fsp3) is 0.238. The van der Waals surface area contributed by atoms with Crippen LogP contribution in [0.5, 0.6) is 5.75 Å². The van der Waals surface area contributed by atoms with Gasteiger partial charge < -0.3 is 9.47 Å². The van der Waals surface area contributed by atoms with Crippen LogP contribution in [0, 0.1) is 12.8 Å². The molecule has 0 amide bonds. The smallest absolute Gasteiger partial charge is 0.319 e. The van der Waals surface area contributed by atoms with Gasteiger partial charge in [-0.3, -0.25) is 14.2 Å². The molecule has 0 aliphatic carbocycles. The van der Waals surface area contributed by atoms with Crippen molar-refractivity contribution in [2.24, 2.45) is 5.92 Å². The van der Waals surface area contributed by atoms with Crippen molar-refractivity contribution in [3.05, 3.63) is 65.4 Å². The van der Waals surface area contributed by atoms with Crippen LogP contribution in [0.4, 0.5) is 0 Å². The molecule has 0 N–H and O–H groups in total. The van der Waals surface area contributed by atoms with Crippen molar-refractivity contribution in [1.29, 1.82) is 0 Å². The molecule has 26 heavy (non-hydrogen) atoms. The number of esters is 1. The van der Waals surface area contributed by atoms with E-state index in [9.17, 15) is 9.59 Å². The van der Waals surface area contributed by atoms with Crippen molar-refractivity contribution in [2.75, 3.05) is 14.2 Å². The minimum Gasteiger partial charge on any atom is -0.497 e. The Balaban J connectivity index is 1.98. The lowest BCUT2D eigenvalue weighted by Gasteiger charge is -2.17. The summed E-state index contributed by atoms with van der Waals surface area (Å²) >= 11 is 0. The number of methoxy groups -OCH3 is 2. The normalized spacial score (nSPS) is 18.8. The minimum absolute atomic E-state index is 0.239. The summed E-state index contributed by atoms with van der Waals surface area (Å²) < 4.78 is 11.9. The lowest BCUT2D eigenvalue weighted by atomic mass is 9.84. The number of rotatable bonds is 3. The molecular formula is C21H19NO4. The maximum atomic E-state index is 13.2. The zero-order chi connectivity index (χ0) is 18.4. The van der Waals surface area contributed by atoms with Crippen molar-refractivity contribution in [3.63, 3.8) is 0 Å². The Bertz CT molecular complexity index is 1020. The predicted molar refractivity (Wildman–Crippen MR) is 97.6 cm³/mol. The van der Waals surface area contributed by atoms with Crippen LogP contribution in [0.2, 0.25) is 0 Å². The summed E-state index contributed by atoms with van der Waals surface area (Å²) in [7, 11) is 2.92. The highest BCUT2D eigenvalue weighted by molar-refractivity contribution is 6.08. The number of carbonyl (C=O) groups excluding carboxylic acids is 2. The summed E-state index contributed by atoms with van der Waals surface area (Å²) in [5.74, 6) is -1.29. The van der Waals surface area contributed by atoms with Gasteiger partial charge in [-0.15, -0.1) is 0 Å². The summed E-state index contributed by atoms with van der Waals surface area (Å²) in [5.41, 5.74) is 3.59. The number of ether oxygens (including phenoxy) is 2. The van der Waals surface area contributed by atoms with Crippen molar-refractivity contribution >= 4 is 22.8 Å². The van der Waals surface area contributed by atoms with Crippen molar-refractivity contribution in [1.82, 2.24) is 4.57 Å². The van der Waals surface area contributed by atoms with Crippen molar-refractivity contribution < 1.29 is 19.1 Å². The molecule has 0 radical (unpaired) electrons. The maximum Gasteiger partial charge on any atom is 0.319 e. The molecule has 0 saturated carbocycles. The molecule has 5 nitrogen and oxygen atoms in total. The number of fused-ring (bicyclic) bond motifs is 3. The molecular weight excluding hydrogens is 330 g/mol. The Morgan fingerprint density at radius 3 is 2.38 bits per heavy atom. The number of benzene rings is 2. The first kappa shape index (κ1) is 16.4. The first-order valence-corrected chi connectivity index (χ1v) is 8.44. The second-order valence-electron chi connectivity index (χ2n) is 6.45. The molecule has 0 spiro atoms. The molecule has 132 valence electrons. The van der Waals surface area contributed by atoms with Crippen LogP contribution >= 0.6 is 0 Å². The van der Waals surface area contributed by atoms with Crippen LogP contribution in [0.1, 0.15) is 27.5 Å². The van der Waals surface area contributed by atoms with Gasteiger partial charge in [0.1, 0.15) is 11.7 Å². The third-order valence-electron chi connectivity index (χ3n) is 5.22. The van der Waals surface area contributed by atoms with Crippen LogP contribution in [-0.2, 0) is 9.53 Å². The van der Waals surface area contributed by atoms with Crippen molar-refractivity contribution in [2.45, 2.75) is 12.8 Å². The molecule has 0 saturated heterocycles. The molecule has 2 heterocycles. The number of aromatic nitrogens is 1. The first-order valence-electron chi connectivity index (χ1n) is 8.44. The Labute approximate surface area is 151 Å². The monoisotopic (exact) mass is 349 g/mol. The van der Waals surface area contributed by atoms with Gasteiger partial charge in [-0.25, -0.2) is 0 Å². The third kappa shape index (κ3) is 2.17. The second-order valence-corrected chi connectivity index (χ2v) is 6.45. The van der Waals surface area contributed by atoms with E-state index in [4.69, 9.17) is 9.47 Å². The number of hydrogen-bond acceptors (Lipinski definition) is 4. The van der Waals surface area contributed by atoms with Gasteiger partial charge in [0.25, 0.3) is 0 Å². The Hall–Kier alpha value is -3.08. The van der Waals surface area contributed by atoms with Gasteiger partial charge in [0.2, 0.25) is 5.91 Å². The highest BCUT2D eigenvalue weighted by Gasteiger charge is 2.48. The van der Waals surface area contributed by atoms with E-state index >= 15 is 0 Å². The zero-order valence-electron chi connectivity index (χ0n) is 14.9. The van der Waals surface area contributed by atoms with Gasteiger partial charge in [-0.1, -0.05) is 30.3 Å².